The molecule has 0 bridgehead atoms. The van der Waals surface area contributed by atoms with Crippen LogP contribution in [-0.4, -0.2) is 12.1 Å². The fourth-order valence-corrected chi connectivity index (χ4v) is 6.48. The summed E-state index contributed by atoms with van der Waals surface area (Å²) < 4.78 is 5.72. The molecular weight excluding hydrogens is 296 g/mol. The van der Waals surface area contributed by atoms with Crippen LogP contribution in [0.2, 0.25) is 0 Å². The molecule has 0 aromatic heterocycles. The van der Waals surface area contributed by atoms with E-state index < -0.39 is 0 Å². The molecule has 0 radical (unpaired) electrons. The number of carbonyl (C=O) groups is 1. The summed E-state index contributed by atoms with van der Waals surface area (Å²) >= 11 is 0. The smallest absolute Gasteiger partial charge is 0.302 e. The number of ether oxygens (including phenoxy) is 1. The largest absolute Gasteiger partial charge is 0.462 e. The zero-order valence-electron chi connectivity index (χ0n) is 15.9. The molecule has 3 aliphatic carbocycles. The molecule has 0 unspecified atom stereocenters. The van der Waals surface area contributed by atoms with Crippen LogP contribution in [0.25, 0.3) is 0 Å². The summed E-state index contributed by atoms with van der Waals surface area (Å²) in [4.78, 5) is 11.6. The normalized spacial score (nSPS) is 45.1. The summed E-state index contributed by atoms with van der Waals surface area (Å²) in [5.41, 5.74) is 3.17. The number of hydrogen-bond donors (Lipinski definition) is 0. The molecule has 0 amide bonds. The number of allylic oxidation sites excluding steroid dienone is 2. The third kappa shape index (κ3) is 2.86. The molecule has 0 heterocycles. The van der Waals surface area contributed by atoms with Crippen molar-refractivity contribution < 1.29 is 9.53 Å². The summed E-state index contributed by atoms with van der Waals surface area (Å²) in [6, 6.07) is 0. The molecule has 0 N–H and O–H groups in total. The van der Waals surface area contributed by atoms with Gasteiger partial charge in [0, 0.05) is 6.92 Å². The van der Waals surface area contributed by atoms with Gasteiger partial charge in [-0.1, -0.05) is 38.2 Å². The van der Waals surface area contributed by atoms with Gasteiger partial charge in [0.2, 0.25) is 0 Å². The minimum Gasteiger partial charge on any atom is -0.462 e. The Bertz CT molecular complexity index is 546. The van der Waals surface area contributed by atoms with Gasteiger partial charge in [-0.15, -0.1) is 0 Å². The molecule has 0 aromatic rings. The number of rotatable bonds is 2. The van der Waals surface area contributed by atoms with E-state index in [1.807, 2.05) is 0 Å². The van der Waals surface area contributed by atoms with Gasteiger partial charge in [-0.25, -0.2) is 0 Å². The van der Waals surface area contributed by atoms with E-state index in [0.29, 0.717) is 35.0 Å². The van der Waals surface area contributed by atoms with Crippen LogP contribution in [-0.2, 0) is 9.53 Å². The minimum absolute atomic E-state index is 0.0836. The van der Waals surface area contributed by atoms with Gasteiger partial charge in [0.15, 0.2) is 0 Å². The molecule has 7 atom stereocenters. The molecule has 2 nitrogen and oxygen atoms in total. The second-order valence-corrected chi connectivity index (χ2v) is 9.10. The molecule has 3 aliphatic rings. The maximum Gasteiger partial charge on any atom is 0.302 e. The van der Waals surface area contributed by atoms with Crippen LogP contribution < -0.4 is 0 Å². The lowest BCUT2D eigenvalue weighted by atomic mass is 9.45. The van der Waals surface area contributed by atoms with Crippen LogP contribution in [0.1, 0.15) is 66.2 Å². The fourth-order valence-electron chi connectivity index (χ4n) is 6.48. The Balaban J connectivity index is 1.96. The Morgan fingerprint density at radius 2 is 1.88 bits per heavy atom. The van der Waals surface area contributed by atoms with E-state index in [1.165, 1.54) is 36.8 Å². The van der Waals surface area contributed by atoms with Crippen molar-refractivity contribution in [3.05, 3.63) is 24.3 Å². The van der Waals surface area contributed by atoms with Gasteiger partial charge < -0.3 is 4.74 Å². The van der Waals surface area contributed by atoms with Gasteiger partial charge in [-0.2, -0.15) is 0 Å². The van der Waals surface area contributed by atoms with Crippen LogP contribution in [0.3, 0.4) is 0 Å². The Morgan fingerprint density at radius 3 is 2.50 bits per heavy atom. The molecule has 3 fully saturated rings. The van der Waals surface area contributed by atoms with Crippen molar-refractivity contribution >= 4 is 5.97 Å². The van der Waals surface area contributed by atoms with Crippen LogP contribution in [0, 0.1) is 35.0 Å². The number of carbonyl (C=O) groups excluding carboxylic acids is 1. The third-order valence-corrected chi connectivity index (χ3v) is 7.58. The SMILES string of the molecule is C=C(C)[C@@H]1CCC(=C)[C@@H]2CC[C@@]3(C)CC[C@@H](OC(C)=O)[C@H](C)[C@@H]3[C@@H]12. The summed E-state index contributed by atoms with van der Waals surface area (Å²) in [6.45, 7) is 17.3. The molecule has 3 rings (SSSR count). The Hall–Kier alpha value is -1.05. The minimum atomic E-state index is -0.132. The molecule has 134 valence electrons. The summed E-state index contributed by atoms with van der Waals surface area (Å²) in [7, 11) is 0. The second-order valence-electron chi connectivity index (χ2n) is 9.10. The van der Waals surface area contributed by atoms with Crippen LogP contribution in [0.4, 0.5) is 0 Å². The van der Waals surface area contributed by atoms with E-state index in [1.54, 1.807) is 6.92 Å². The first-order valence-electron chi connectivity index (χ1n) is 9.75. The average molecular weight is 331 g/mol. The van der Waals surface area contributed by atoms with E-state index in [4.69, 9.17) is 4.74 Å². The van der Waals surface area contributed by atoms with Gasteiger partial charge >= 0.3 is 5.97 Å². The van der Waals surface area contributed by atoms with Gasteiger partial charge in [0.1, 0.15) is 6.10 Å². The lowest BCUT2D eigenvalue weighted by Gasteiger charge is -2.60. The summed E-state index contributed by atoms with van der Waals surface area (Å²) in [6.07, 6.45) is 7.21. The number of hydrogen-bond acceptors (Lipinski definition) is 2. The predicted octanol–water partition coefficient (Wildman–Crippen LogP) is 5.54. The van der Waals surface area contributed by atoms with Crippen molar-refractivity contribution in [1.82, 2.24) is 0 Å². The molecular formula is C22H34O2. The highest BCUT2D eigenvalue weighted by Gasteiger charge is 2.56. The van der Waals surface area contributed by atoms with E-state index in [2.05, 4.69) is 33.9 Å². The third-order valence-electron chi connectivity index (χ3n) is 7.58. The molecule has 3 saturated carbocycles. The van der Waals surface area contributed by atoms with Gasteiger partial charge in [-0.05, 0) is 80.5 Å². The van der Waals surface area contributed by atoms with E-state index in [9.17, 15) is 4.79 Å². The van der Waals surface area contributed by atoms with Gasteiger partial charge in [-0.3, -0.25) is 4.79 Å². The van der Waals surface area contributed by atoms with Gasteiger partial charge in [0.05, 0.1) is 0 Å². The summed E-state index contributed by atoms with van der Waals surface area (Å²) in [5.74, 6) is 2.77. The van der Waals surface area contributed by atoms with Crippen LogP contribution in [0.5, 0.6) is 0 Å². The van der Waals surface area contributed by atoms with E-state index in [0.717, 1.165) is 12.8 Å². The van der Waals surface area contributed by atoms with Crippen molar-refractivity contribution in [2.24, 2.45) is 35.0 Å². The Morgan fingerprint density at radius 1 is 1.21 bits per heavy atom. The van der Waals surface area contributed by atoms with Crippen LogP contribution in [0.15, 0.2) is 24.3 Å². The maximum atomic E-state index is 11.6. The van der Waals surface area contributed by atoms with Crippen molar-refractivity contribution in [2.45, 2.75) is 72.3 Å². The quantitative estimate of drug-likeness (QED) is 0.491. The molecule has 0 saturated heterocycles. The topological polar surface area (TPSA) is 26.3 Å². The maximum absolute atomic E-state index is 11.6. The molecule has 0 aromatic carbocycles. The lowest BCUT2D eigenvalue weighted by molar-refractivity contribution is -0.165. The first-order chi connectivity index (χ1) is 11.2. The first-order valence-corrected chi connectivity index (χ1v) is 9.75. The molecule has 0 aliphatic heterocycles. The monoisotopic (exact) mass is 330 g/mol. The fraction of sp³-hybridized carbons (Fsp3) is 0.773. The number of fused-ring (bicyclic) bond motifs is 3. The van der Waals surface area contributed by atoms with E-state index in [-0.39, 0.29) is 12.1 Å². The van der Waals surface area contributed by atoms with Crippen molar-refractivity contribution in [3.8, 4) is 0 Å². The van der Waals surface area contributed by atoms with E-state index >= 15 is 0 Å². The Kier molecular flexibility index (Phi) is 4.70. The standard InChI is InChI=1S/C22H34O2/c1-13(2)17-8-7-14(3)18-9-11-22(6)12-10-19(24-16(5)23)15(4)21(22)20(17)18/h15,17-21H,1,3,7-12H2,2,4-6H3/t15-,17-,18-,19+,20-,21+,22-/m0/s1. The zero-order valence-corrected chi connectivity index (χ0v) is 15.9. The molecule has 0 spiro atoms. The van der Waals surface area contributed by atoms with Crippen molar-refractivity contribution in [1.29, 1.82) is 0 Å². The van der Waals surface area contributed by atoms with Crippen molar-refractivity contribution in [3.63, 3.8) is 0 Å². The van der Waals surface area contributed by atoms with Gasteiger partial charge in [0.25, 0.3) is 0 Å². The summed E-state index contributed by atoms with van der Waals surface area (Å²) in [5, 5.41) is 0. The lowest BCUT2D eigenvalue weighted by Crippen LogP contribution is -2.55. The highest BCUT2D eigenvalue weighted by molar-refractivity contribution is 5.66. The number of esters is 1. The zero-order chi connectivity index (χ0) is 17.6. The second kappa shape index (κ2) is 6.35. The highest BCUT2D eigenvalue weighted by atomic mass is 16.5. The Labute approximate surface area is 147 Å². The highest BCUT2D eigenvalue weighted by Crippen LogP contribution is 2.62. The first kappa shape index (κ1) is 17.8. The van der Waals surface area contributed by atoms with Crippen LogP contribution >= 0.6 is 0 Å². The molecule has 2 heteroatoms. The molecule has 24 heavy (non-hydrogen) atoms. The average Bonchev–Trinajstić information content (AvgIpc) is 2.49. The predicted molar refractivity (Wildman–Crippen MR) is 98.4 cm³/mol. The van der Waals surface area contributed by atoms with Crippen molar-refractivity contribution in [2.75, 3.05) is 0 Å².